The van der Waals surface area contributed by atoms with Crippen molar-refractivity contribution in [2.24, 2.45) is 0 Å². The summed E-state index contributed by atoms with van der Waals surface area (Å²) in [6, 6.07) is 14.6. The molecule has 3 rings (SSSR count). The SMILES string of the molecule is O=C(NCCS(=O)(=O)N1CCN(c2cccc(Cl)c2)CC1)c1ccccc1Br. The van der Waals surface area contributed by atoms with Crippen molar-refractivity contribution in [1.29, 1.82) is 0 Å². The number of hydrogen-bond donors (Lipinski definition) is 1. The normalized spacial score (nSPS) is 15.4. The molecule has 1 saturated heterocycles. The maximum Gasteiger partial charge on any atom is 0.252 e. The molecule has 0 atom stereocenters. The quantitative estimate of drug-likeness (QED) is 0.681. The molecule has 2 aromatic rings. The second-order valence-corrected chi connectivity index (χ2v) is 9.80. The molecule has 9 heteroatoms. The third kappa shape index (κ3) is 5.26. The first-order chi connectivity index (χ1) is 13.4. The van der Waals surface area contributed by atoms with Crippen LogP contribution in [0.1, 0.15) is 10.4 Å². The number of anilines is 1. The van der Waals surface area contributed by atoms with Crippen LogP contribution in [0.25, 0.3) is 0 Å². The van der Waals surface area contributed by atoms with Gasteiger partial charge in [0, 0.05) is 47.9 Å². The maximum absolute atomic E-state index is 12.6. The van der Waals surface area contributed by atoms with Gasteiger partial charge in [-0.05, 0) is 46.3 Å². The van der Waals surface area contributed by atoms with E-state index in [-0.39, 0.29) is 18.2 Å². The molecular formula is C19H21BrClN3O3S. The number of hydrogen-bond acceptors (Lipinski definition) is 4. The average Bonchev–Trinajstić information content (AvgIpc) is 2.68. The van der Waals surface area contributed by atoms with E-state index in [0.29, 0.717) is 41.2 Å². The first kappa shape index (κ1) is 21.1. The van der Waals surface area contributed by atoms with Crippen LogP contribution in [0.4, 0.5) is 5.69 Å². The van der Waals surface area contributed by atoms with Crippen LogP contribution >= 0.6 is 27.5 Å². The molecule has 150 valence electrons. The highest BCUT2D eigenvalue weighted by Crippen LogP contribution is 2.21. The fourth-order valence-electron chi connectivity index (χ4n) is 3.06. The Morgan fingerprint density at radius 3 is 2.46 bits per heavy atom. The number of halogens is 2. The van der Waals surface area contributed by atoms with Crippen molar-refractivity contribution in [2.75, 3.05) is 43.4 Å². The second kappa shape index (κ2) is 9.26. The number of carbonyl (C=O) groups is 1. The number of benzene rings is 2. The highest BCUT2D eigenvalue weighted by atomic mass is 79.9. The molecule has 0 aromatic heterocycles. The van der Waals surface area contributed by atoms with Crippen LogP contribution in [0.5, 0.6) is 0 Å². The molecular weight excluding hydrogens is 466 g/mol. The Morgan fingerprint density at radius 2 is 1.79 bits per heavy atom. The molecule has 0 unspecified atom stereocenters. The van der Waals surface area contributed by atoms with Crippen molar-refractivity contribution in [1.82, 2.24) is 9.62 Å². The topological polar surface area (TPSA) is 69.7 Å². The van der Waals surface area contributed by atoms with E-state index in [0.717, 1.165) is 5.69 Å². The molecule has 0 radical (unpaired) electrons. The Morgan fingerprint density at radius 1 is 1.07 bits per heavy atom. The summed E-state index contributed by atoms with van der Waals surface area (Å²) in [5.74, 6) is -0.422. The van der Waals surface area contributed by atoms with Crippen molar-refractivity contribution >= 4 is 49.1 Å². The van der Waals surface area contributed by atoms with Crippen molar-refractivity contribution in [3.8, 4) is 0 Å². The molecule has 1 aliphatic rings. The van der Waals surface area contributed by atoms with Crippen molar-refractivity contribution < 1.29 is 13.2 Å². The summed E-state index contributed by atoms with van der Waals surface area (Å²) in [5, 5.41) is 3.34. The van der Waals surface area contributed by atoms with E-state index in [4.69, 9.17) is 11.6 Å². The molecule has 1 heterocycles. The van der Waals surface area contributed by atoms with E-state index in [1.54, 1.807) is 18.2 Å². The molecule has 2 aromatic carbocycles. The molecule has 0 saturated carbocycles. The third-order valence-electron chi connectivity index (χ3n) is 4.57. The first-order valence-corrected chi connectivity index (χ1v) is 11.7. The van der Waals surface area contributed by atoms with E-state index < -0.39 is 10.0 Å². The number of piperazine rings is 1. The number of nitrogens with one attached hydrogen (secondary N) is 1. The van der Waals surface area contributed by atoms with Gasteiger partial charge in [0.15, 0.2) is 0 Å². The fraction of sp³-hybridized carbons (Fsp3) is 0.316. The van der Waals surface area contributed by atoms with Crippen LogP contribution in [0.3, 0.4) is 0 Å². The van der Waals surface area contributed by atoms with Gasteiger partial charge >= 0.3 is 0 Å². The number of sulfonamides is 1. The van der Waals surface area contributed by atoms with E-state index in [9.17, 15) is 13.2 Å². The van der Waals surface area contributed by atoms with Gasteiger partial charge in [-0.2, -0.15) is 4.31 Å². The van der Waals surface area contributed by atoms with E-state index in [1.165, 1.54) is 4.31 Å². The molecule has 1 aliphatic heterocycles. The molecule has 1 N–H and O–H groups in total. The summed E-state index contributed by atoms with van der Waals surface area (Å²) in [7, 11) is -3.43. The lowest BCUT2D eigenvalue weighted by Crippen LogP contribution is -2.50. The lowest BCUT2D eigenvalue weighted by molar-refractivity contribution is 0.0955. The lowest BCUT2D eigenvalue weighted by Gasteiger charge is -2.35. The molecule has 1 amide bonds. The summed E-state index contributed by atoms with van der Waals surface area (Å²) in [6.07, 6.45) is 0. The van der Waals surface area contributed by atoms with Gasteiger partial charge in [-0.1, -0.05) is 29.8 Å². The monoisotopic (exact) mass is 485 g/mol. The number of carbonyl (C=O) groups excluding carboxylic acids is 1. The van der Waals surface area contributed by atoms with Gasteiger partial charge in [-0.3, -0.25) is 4.79 Å². The summed E-state index contributed by atoms with van der Waals surface area (Å²) in [5.41, 5.74) is 1.47. The van der Waals surface area contributed by atoms with Gasteiger partial charge in [0.2, 0.25) is 10.0 Å². The van der Waals surface area contributed by atoms with Crippen LogP contribution in [0.2, 0.25) is 5.02 Å². The first-order valence-electron chi connectivity index (χ1n) is 8.88. The predicted molar refractivity (Wildman–Crippen MR) is 116 cm³/mol. The van der Waals surface area contributed by atoms with E-state index >= 15 is 0 Å². The summed E-state index contributed by atoms with van der Waals surface area (Å²) in [6.45, 7) is 2.09. The maximum atomic E-state index is 12.6. The molecule has 0 spiro atoms. The lowest BCUT2D eigenvalue weighted by atomic mass is 10.2. The zero-order valence-electron chi connectivity index (χ0n) is 15.1. The zero-order chi connectivity index (χ0) is 20.1. The van der Waals surface area contributed by atoms with Crippen molar-refractivity contribution in [3.05, 3.63) is 63.6 Å². The number of amides is 1. The Labute approximate surface area is 178 Å². The summed E-state index contributed by atoms with van der Waals surface area (Å²) >= 11 is 9.35. The van der Waals surface area contributed by atoms with E-state index in [2.05, 4.69) is 26.1 Å². The molecule has 28 heavy (non-hydrogen) atoms. The Kier molecular flexibility index (Phi) is 6.98. The van der Waals surface area contributed by atoms with Gasteiger partial charge in [0.1, 0.15) is 0 Å². The second-order valence-electron chi connectivity index (χ2n) is 6.42. The minimum atomic E-state index is -3.43. The molecule has 6 nitrogen and oxygen atoms in total. The highest BCUT2D eigenvalue weighted by molar-refractivity contribution is 9.10. The molecule has 1 fully saturated rings. The van der Waals surface area contributed by atoms with Gasteiger partial charge < -0.3 is 10.2 Å². The average molecular weight is 487 g/mol. The van der Waals surface area contributed by atoms with Crippen LogP contribution in [0, 0.1) is 0 Å². The smallest absolute Gasteiger partial charge is 0.252 e. The Hall–Kier alpha value is -1.61. The number of rotatable bonds is 6. The fourth-order valence-corrected chi connectivity index (χ4v) is 5.05. The third-order valence-corrected chi connectivity index (χ3v) is 7.37. The summed E-state index contributed by atoms with van der Waals surface area (Å²) in [4.78, 5) is 14.3. The molecule has 0 aliphatic carbocycles. The Balaban J connectivity index is 1.50. The van der Waals surface area contributed by atoms with Gasteiger partial charge in [0.25, 0.3) is 5.91 Å². The van der Waals surface area contributed by atoms with Gasteiger partial charge in [-0.25, -0.2) is 8.42 Å². The van der Waals surface area contributed by atoms with Crippen LogP contribution < -0.4 is 10.2 Å². The van der Waals surface area contributed by atoms with Crippen molar-refractivity contribution in [2.45, 2.75) is 0 Å². The van der Waals surface area contributed by atoms with Crippen LogP contribution in [0.15, 0.2) is 53.0 Å². The minimum absolute atomic E-state index is 0.0665. The standard InChI is InChI=1S/C19H21BrClN3O3S/c20-18-7-2-1-6-17(18)19(25)22-8-13-28(26,27)24-11-9-23(10-12-24)16-5-3-4-15(21)14-16/h1-7,14H,8-13H2,(H,22,25). The molecule has 0 bridgehead atoms. The summed E-state index contributed by atoms with van der Waals surface area (Å²) < 4.78 is 27.3. The zero-order valence-corrected chi connectivity index (χ0v) is 18.3. The number of nitrogens with zero attached hydrogens (tertiary/aromatic N) is 2. The minimum Gasteiger partial charge on any atom is -0.369 e. The van der Waals surface area contributed by atoms with E-state index in [1.807, 2.05) is 30.3 Å². The predicted octanol–water partition coefficient (Wildman–Crippen LogP) is 2.98. The largest absolute Gasteiger partial charge is 0.369 e. The Bertz CT molecular complexity index is 947. The highest BCUT2D eigenvalue weighted by Gasteiger charge is 2.27. The van der Waals surface area contributed by atoms with Gasteiger partial charge in [0.05, 0.1) is 11.3 Å². The van der Waals surface area contributed by atoms with Gasteiger partial charge in [-0.15, -0.1) is 0 Å². The van der Waals surface area contributed by atoms with Crippen molar-refractivity contribution in [3.63, 3.8) is 0 Å². The van der Waals surface area contributed by atoms with Crippen LogP contribution in [-0.2, 0) is 10.0 Å². The van der Waals surface area contributed by atoms with Crippen LogP contribution in [-0.4, -0.2) is 57.1 Å².